The molecule has 26 heavy (non-hydrogen) atoms. The van der Waals surface area contributed by atoms with E-state index in [-0.39, 0.29) is 38.0 Å². The van der Waals surface area contributed by atoms with Gasteiger partial charge in [0.1, 0.15) is 12.4 Å². The molecule has 0 spiro atoms. The molecule has 0 aliphatic rings. The van der Waals surface area contributed by atoms with Crippen molar-refractivity contribution >= 4 is 12.4 Å². The number of hydrogen-bond acceptors (Lipinski definition) is 3. The standard InChI is InChI=1S/C19H27F3O3.ClH/c1-3-4-5-6-7-11-25-18-16(14(2)15(12-23)13-24)9-8-10-17(18)19(20,21)22;/h6-10,14-15,23-24H,3-5,11-13H2,1-2H3;1H/b7-6+;. The lowest BCUT2D eigenvalue weighted by atomic mass is 9.87. The Balaban J connectivity index is 0.00000625. The topological polar surface area (TPSA) is 49.7 Å². The van der Waals surface area contributed by atoms with Gasteiger partial charge >= 0.3 is 6.18 Å². The van der Waals surface area contributed by atoms with E-state index in [0.717, 1.165) is 25.3 Å². The van der Waals surface area contributed by atoms with E-state index < -0.39 is 23.6 Å². The van der Waals surface area contributed by atoms with Crippen LogP contribution < -0.4 is 4.74 Å². The third kappa shape index (κ3) is 7.17. The molecular formula is C19H28ClF3O3. The summed E-state index contributed by atoms with van der Waals surface area (Å²) in [6.45, 7) is 3.15. The summed E-state index contributed by atoms with van der Waals surface area (Å²) in [6, 6.07) is 3.86. The van der Waals surface area contributed by atoms with Crippen LogP contribution in [0.15, 0.2) is 30.4 Å². The molecular weight excluding hydrogens is 369 g/mol. The minimum Gasteiger partial charge on any atom is -0.489 e. The second kappa shape index (κ2) is 12.2. The second-order valence-electron chi connectivity index (χ2n) is 6.06. The molecule has 1 aromatic rings. The molecule has 1 unspecified atom stereocenters. The normalized spacial score (nSPS) is 13.1. The van der Waals surface area contributed by atoms with E-state index in [2.05, 4.69) is 6.92 Å². The predicted molar refractivity (Wildman–Crippen MR) is 98.9 cm³/mol. The Morgan fingerprint density at radius 2 is 1.81 bits per heavy atom. The zero-order valence-electron chi connectivity index (χ0n) is 15.1. The molecule has 150 valence electrons. The van der Waals surface area contributed by atoms with Crippen LogP contribution in [-0.4, -0.2) is 30.0 Å². The van der Waals surface area contributed by atoms with E-state index >= 15 is 0 Å². The largest absolute Gasteiger partial charge is 0.489 e. The summed E-state index contributed by atoms with van der Waals surface area (Å²) in [7, 11) is 0. The predicted octanol–water partition coefficient (Wildman–Crippen LogP) is 4.96. The van der Waals surface area contributed by atoms with Crippen molar-refractivity contribution in [2.45, 2.75) is 45.2 Å². The first-order valence-corrected chi connectivity index (χ1v) is 8.56. The van der Waals surface area contributed by atoms with Crippen LogP contribution >= 0.6 is 12.4 Å². The summed E-state index contributed by atoms with van der Waals surface area (Å²) in [6.07, 6.45) is 2.01. The van der Waals surface area contributed by atoms with Crippen molar-refractivity contribution in [1.82, 2.24) is 0 Å². The van der Waals surface area contributed by atoms with Crippen LogP contribution in [0.4, 0.5) is 13.2 Å². The summed E-state index contributed by atoms with van der Waals surface area (Å²) in [5.41, 5.74) is -0.502. The molecule has 1 aromatic carbocycles. The van der Waals surface area contributed by atoms with Crippen molar-refractivity contribution in [3.8, 4) is 5.75 Å². The van der Waals surface area contributed by atoms with Crippen molar-refractivity contribution in [3.63, 3.8) is 0 Å². The van der Waals surface area contributed by atoms with Crippen molar-refractivity contribution < 1.29 is 28.1 Å². The van der Waals surface area contributed by atoms with Crippen LogP contribution in [0.2, 0.25) is 0 Å². The lowest BCUT2D eigenvalue weighted by Gasteiger charge is -2.24. The number of aliphatic hydroxyl groups excluding tert-OH is 2. The van der Waals surface area contributed by atoms with Crippen molar-refractivity contribution in [3.05, 3.63) is 41.5 Å². The number of rotatable bonds is 10. The molecule has 0 fully saturated rings. The van der Waals surface area contributed by atoms with Gasteiger partial charge in [0.25, 0.3) is 0 Å². The summed E-state index contributed by atoms with van der Waals surface area (Å²) < 4.78 is 45.5. The molecule has 3 nitrogen and oxygen atoms in total. The number of allylic oxidation sites excluding steroid dienone is 1. The minimum absolute atomic E-state index is 0. The molecule has 0 aliphatic heterocycles. The van der Waals surface area contributed by atoms with Crippen molar-refractivity contribution in [2.24, 2.45) is 5.92 Å². The van der Waals surface area contributed by atoms with Gasteiger partial charge in [0, 0.05) is 19.1 Å². The first-order valence-electron chi connectivity index (χ1n) is 8.56. The Hall–Kier alpha value is -1.24. The van der Waals surface area contributed by atoms with Crippen LogP contribution in [0, 0.1) is 5.92 Å². The van der Waals surface area contributed by atoms with Crippen LogP contribution in [0.1, 0.15) is 50.2 Å². The maximum Gasteiger partial charge on any atom is 0.419 e. The SMILES string of the molecule is CCCC/C=C/COc1c(C(C)C(CO)CO)cccc1C(F)(F)F.Cl. The Labute approximate surface area is 159 Å². The number of halogens is 4. The zero-order valence-corrected chi connectivity index (χ0v) is 15.9. The number of benzene rings is 1. The zero-order chi connectivity index (χ0) is 18.9. The number of alkyl halides is 3. The molecule has 0 bridgehead atoms. The molecule has 0 aliphatic carbocycles. The highest BCUT2D eigenvalue weighted by Crippen LogP contribution is 2.42. The molecule has 2 N–H and O–H groups in total. The monoisotopic (exact) mass is 396 g/mol. The number of para-hydroxylation sites is 1. The highest BCUT2D eigenvalue weighted by atomic mass is 35.5. The third-order valence-corrected chi connectivity index (χ3v) is 4.23. The molecule has 0 heterocycles. The summed E-state index contributed by atoms with van der Waals surface area (Å²) in [4.78, 5) is 0. The first-order chi connectivity index (χ1) is 11.9. The molecule has 1 rings (SSSR count). The number of ether oxygens (including phenoxy) is 1. The lowest BCUT2D eigenvalue weighted by molar-refractivity contribution is -0.139. The molecule has 0 amide bonds. The summed E-state index contributed by atoms with van der Waals surface area (Å²) in [5, 5.41) is 18.7. The number of aliphatic hydroxyl groups is 2. The second-order valence-corrected chi connectivity index (χ2v) is 6.06. The van der Waals surface area contributed by atoms with Crippen molar-refractivity contribution in [2.75, 3.05) is 19.8 Å². The van der Waals surface area contributed by atoms with Gasteiger partial charge in [-0.2, -0.15) is 13.2 Å². The van der Waals surface area contributed by atoms with Crippen LogP contribution in [0.25, 0.3) is 0 Å². The number of hydrogen-bond donors (Lipinski definition) is 2. The Kier molecular flexibility index (Phi) is 11.6. The molecule has 0 radical (unpaired) electrons. The van der Waals surface area contributed by atoms with E-state index in [1.807, 2.05) is 6.08 Å². The van der Waals surface area contributed by atoms with Gasteiger partial charge in [0.2, 0.25) is 0 Å². The van der Waals surface area contributed by atoms with Gasteiger partial charge in [-0.25, -0.2) is 0 Å². The fourth-order valence-corrected chi connectivity index (χ4v) is 2.56. The smallest absolute Gasteiger partial charge is 0.419 e. The van der Waals surface area contributed by atoms with E-state index in [1.54, 1.807) is 19.1 Å². The molecule has 0 saturated carbocycles. The van der Waals surface area contributed by atoms with Crippen LogP contribution in [0.3, 0.4) is 0 Å². The maximum atomic E-state index is 13.3. The van der Waals surface area contributed by atoms with Gasteiger partial charge in [-0.3, -0.25) is 0 Å². The molecule has 7 heteroatoms. The maximum absolute atomic E-state index is 13.3. The quantitative estimate of drug-likeness (QED) is 0.434. The van der Waals surface area contributed by atoms with Crippen LogP contribution in [-0.2, 0) is 6.18 Å². The Bertz CT molecular complexity index is 543. The molecule has 0 saturated heterocycles. The average molecular weight is 397 g/mol. The van der Waals surface area contributed by atoms with Gasteiger partial charge < -0.3 is 14.9 Å². The van der Waals surface area contributed by atoms with Gasteiger partial charge in [-0.05, 0) is 24.0 Å². The van der Waals surface area contributed by atoms with E-state index in [0.29, 0.717) is 5.56 Å². The van der Waals surface area contributed by atoms with Gasteiger partial charge in [-0.1, -0.05) is 51.0 Å². The summed E-state index contributed by atoms with van der Waals surface area (Å²) >= 11 is 0. The number of unbranched alkanes of at least 4 members (excludes halogenated alkanes) is 2. The average Bonchev–Trinajstić information content (AvgIpc) is 2.58. The van der Waals surface area contributed by atoms with E-state index in [4.69, 9.17) is 4.74 Å². The van der Waals surface area contributed by atoms with Crippen molar-refractivity contribution in [1.29, 1.82) is 0 Å². The molecule has 1 atom stereocenters. The summed E-state index contributed by atoms with van der Waals surface area (Å²) in [5.74, 6) is -1.25. The van der Waals surface area contributed by atoms with Gasteiger partial charge in [0.15, 0.2) is 0 Å². The minimum atomic E-state index is -4.54. The fraction of sp³-hybridized carbons (Fsp3) is 0.579. The Morgan fingerprint density at radius 3 is 2.35 bits per heavy atom. The highest BCUT2D eigenvalue weighted by Gasteiger charge is 2.36. The Morgan fingerprint density at radius 1 is 1.15 bits per heavy atom. The van der Waals surface area contributed by atoms with Crippen LogP contribution in [0.5, 0.6) is 5.75 Å². The highest BCUT2D eigenvalue weighted by molar-refractivity contribution is 5.85. The van der Waals surface area contributed by atoms with E-state index in [9.17, 15) is 23.4 Å². The molecule has 0 aromatic heterocycles. The van der Waals surface area contributed by atoms with E-state index in [1.165, 1.54) is 6.07 Å². The third-order valence-electron chi connectivity index (χ3n) is 4.23. The lowest BCUT2D eigenvalue weighted by Crippen LogP contribution is -2.20. The van der Waals surface area contributed by atoms with Gasteiger partial charge in [-0.15, -0.1) is 12.4 Å². The fourth-order valence-electron chi connectivity index (χ4n) is 2.56. The van der Waals surface area contributed by atoms with Gasteiger partial charge in [0.05, 0.1) is 5.56 Å². The first kappa shape index (κ1) is 24.8.